The van der Waals surface area contributed by atoms with Crippen LogP contribution in [0.2, 0.25) is 0 Å². The van der Waals surface area contributed by atoms with Crippen molar-refractivity contribution in [1.29, 1.82) is 0 Å². The number of likely N-dealkylation sites (tertiary alicyclic amines) is 1. The molecule has 4 heterocycles. The van der Waals surface area contributed by atoms with Crippen LogP contribution in [-0.2, 0) is 6.54 Å². The molecule has 0 saturated carbocycles. The zero-order valence-electron chi connectivity index (χ0n) is 19.9. The maximum absolute atomic E-state index is 13.0. The summed E-state index contributed by atoms with van der Waals surface area (Å²) in [6, 6.07) is 12.7. The molecule has 1 aliphatic rings. The smallest absolute Gasteiger partial charge is 0.371 e. The molecule has 3 N–H and O–H groups in total. The topological polar surface area (TPSA) is 134 Å². The van der Waals surface area contributed by atoms with E-state index in [1.54, 1.807) is 19.4 Å². The Bertz CT molecular complexity index is 1390. The Morgan fingerprint density at radius 3 is 2.81 bits per heavy atom. The largest absolute Gasteiger partial charge is 0.481 e. The quantitative estimate of drug-likeness (QED) is 0.342. The van der Waals surface area contributed by atoms with Gasteiger partial charge in [0.15, 0.2) is 5.69 Å². The fraction of sp³-hybridized carbons (Fsp3) is 0.308. The van der Waals surface area contributed by atoms with E-state index in [2.05, 4.69) is 25.4 Å². The van der Waals surface area contributed by atoms with Gasteiger partial charge in [0.25, 0.3) is 5.91 Å². The Morgan fingerprint density at radius 2 is 2.06 bits per heavy atom. The van der Waals surface area contributed by atoms with Crippen molar-refractivity contribution in [3.8, 4) is 17.0 Å². The van der Waals surface area contributed by atoms with E-state index in [0.29, 0.717) is 36.3 Å². The number of carboxylic acids is 1. The van der Waals surface area contributed by atoms with Crippen LogP contribution in [0.5, 0.6) is 5.88 Å². The first-order valence-corrected chi connectivity index (χ1v) is 11.8. The number of carbonyl (C=O) groups is 2. The van der Waals surface area contributed by atoms with Gasteiger partial charge in [-0.25, -0.2) is 9.78 Å². The van der Waals surface area contributed by atoms with Crippen LogP contribution in [0.4, 0.5) is 0 Å². The average Bonchev–Trinajstić information content (AvgIpc) is 3.55. The highest BCUT2D eigenvalue weighted by Gasteiger charge is 2.22. The molecule has 186 valence electrons. The molecule has 0 radical (unpaired) electrons. The summed E-state index contributed by atoms with van der Waals surface area (Å²) in [6.07, 6.45) is 3.53. The number of aromatic carboxylic acids is 1. The molecule has 36 heavy (non-hydrogen) atoms. The third-order valence-corrected chi connectivity index (χ3v) is 6.56. The maximum atomic E-state index is 13.0. The fourth-order valence-corrected chi connectivity index (χ4v) is 4.60. The van der Waals surface area contributed by atoms with Gasteiger partial charge in [-0.3, -0.25) is 14.8 Å². The van der Waals surface area contributed by atoms with Crippen LogP contribution in [0.15, 0.2) is 53.1 Å². The Hall–Kier alpha value is -4.18. The van der Waals surface area contributed by atoms with E-state index < -0.39 is 5.97 Å². The first-order valence-electron chi connectivity index (χ1n) is 11.8. The number of nitrogens with one attached hydrogen (secondary N) is 2. The van der Waals surface area contributed by atoms with Crippen molar-refractivity contribution in [2.24, 2.45) is 5.92 Å². The van der Waals surface area contributed by atoms with Crippen molar-refractivity contribution in [1.82, 2.24) is 25.4 Å². The number of hydrogen-bond acceptors (Lipinski definition) is 7. The second-order valence-electron chi connectivity index (χ2n) is 8.89. The molecule has 0 bridgehead atoms. The monoisotopic (exact) mass is 489 g/mol. The van der Waals surface area contributed by atoms with Crippen LogP contribution in [-0.4, -0.2) is 63.8 Å². The number of pyridine rings is 1. The van der Waals surface area contributed by atoms with Gasteiger partial charge in [0.1, 0.15) is 5.76 Å². The molecule has 4 aromatic rings. The average molecular weight is 490 g/mol. The lowest BCUT2D eigenvalue weighted by Crippen LogP contribution is -2.38. The van der Waals surface area contributed by atoms with Crippen molar-refractivity contribution in [2.75, 3.05) is 26.7 Å². The number of carboxylic acid groups (broad SMARTS) is 1. The summed E-state index contributed by atoms with van der Waals surface area (Å²) in [5.41, 5.74) is 2.88. The van der Waals surface area contributed by atoms with Gasteiger partial charge in [0, 0.05) is 23.7 Å². The maximum Gasteiger partial charge on any atom is 0.371 e. The molecule has 1 amide bonds. The number of furan rings is 1. The number of fused-ring (bicyclic) bond motifs is 1. The number of benzene rings is 1. The van der Waals surface area contributed by atoms with Gasteiger partial charge >= 0.3 is 5.97 Å². The van der Waals surface area contributed by atoms with E-state index in [4.69, 9.17) is 14.3 Å². The highest BCUT2D eigenvalue weighted by Crippen LogP contribution is 2.30. The van der Waals surface area contributed by atoms with Crippen LogP contribution in [0.3, 0.4) is 0 Å². The molecule has 1 fully saturated rings. The molecular weight excluding hydrogens is 462 g/mol. The van der Waals surface area contributed by atoms with E-state index in [9.17, 15) is 9.59 Å². The van der Waals surface area contributed by atoms with E-state index in [0.717, 1.165) is 48.0 Å². The molecule has 10 nitrogen and oxygen atoms in total. The van der Waals surface area contributed by atoms with Gasteiger partial charge < -0.3 is 19.6 Å². The molecule has 1 aromatic carbocycles. The number of aromatic amines is 1. The molecule has 0 unspecified atom stereocenters. The molecule has 0 aliphatic carbocycles. The minimum atomic E-state index is -1.06. The van der Waals surface area contributed by atoms with Crippen LogP contribution < -0.4 is 10.1 Å². The lowest BCUT2D eigenvalue weighted by atomic mass is 9.96. The summed E-state index contributed by atoms with van der Waals surface area (Å²) in [4.78, 5) is 30.5. The van der Waals surface area contributed by atoms with Crippen LogP contribution in [0, 0.1) is 5.92 Å². The first kappa shape index (κ1) is 23.6. The van der Waals surface area contributed by atoms with Gasteiger partial charge in [-0.15, -0.1) is 0 Å². The summed E-state index contributed by atoms with van der Waals surface area (Å²) >= 11 is 0. The zero-order chi connectivity index (χ0) is 25.1. The van der Waals surface area contributed by atoms with Gasteiger partial charge in [-0.2, -0.15) is 5.10 Å². The number of methoxy groups -OCH3 is 1. The third kappa shape index (κ3) is 4.94. The molecule has 3 aromatic heterocycles. The van der Waals surface area contributed by atoms with Crippen molar-refractivity contribution in [2.45, 2.75) is 19.4 Å². The Kier molecular flexibility index (Phi) is 6.68. The number of carbonyl (C=O) groups excluding carboxylic acids is 1. The van der Waals surface area contributed by atoms with E-state index in [-0.39, 0.29) is 11.7 Å². The van der Waals surface area contributed by atoms with Gasteiger partial charge in [0.05, 0.1) is 19.2 Å². The summed E-state index contributed by atoms with van der Waals surface area (Å²) in [5.74, 6) is 0.209. The highest BCUT2D eigenvalue weighted by molar-refractivity contribution is 6.05. The van der Waals surface area contributed by atoms with Crippen LogP contribution >= 0.6 is 0 Å². The molecule has 10 heteroatoms. The SMILES string of the molecule is COc1ncccc1-c1ccc2[nH]nc(C(=O)NCC3CCN(Cc4ccc(C(=O)O)o4)CC3)c2c1. The first-order chi connectivity index (χ1) is 17.5. The molecular formula is C26H27N5O5. The van der Waals surface area contributed by atoms with Crippen molar-refractivity contribution >= 4 is 22.8 Å². The van der Waals surface area contributed by atoms with E-state index in [1.807, 2.05) is 30.3 Å². The number of nitrogens with zero attached hydrogens (tertiary/aromatic N) is 3. The number of rotatable bonds is 8. The summed E-state index contributed by atoms with van der Waals surface area (Å²) < 4.78 is 10.7. The summed E-state index contributed by atoms with van der Waals surface area (Å²) in [6.45, 7) is 2.85. The Morgan fingerprint density at radius 1 is 1.22 bits per heavy atom. The summed E-state index contributed by atoms with van der Waals surface area (Å²) in [5, 5.41) is 20.0. The number of ether oxygens (including phenoxy) is 1. The standard InChI is InChI=1S/C26H27N5O5/c1-35-25-19(3-2-10-27-25)17-4-6-21-20(13-17)23(30-29-21)24(32)28-14-16-8-11-31(12-9-16)15-18-5-7-22(36-18)26(33)34/h2-7,10,13,16H,8-9,11-12,14-15H2,1H3,(H,28,32)(H,29,30)(H,33,34). The van der Waals surface area contributed by atoms with E-state index in [1.165, 1.54) is 6.07 Å². The van der Waals surface area contributed by atoms with Crippen LogP contribution in [0.1, 0.15) is 39.6 Å². The minimum Gasteiger partial charge on any atom is -0.481 e. The number of amides is 1. The Balaban J connectivity index is 1.19. The lowest BCUT2D eigenvalue weighted by Gasteiger charge is -2.31. The predicted octanol–water partition coefficient (Wildman–Crippen LogP) is 3.57. The van der Waals surface area contributed by atoms with Gasteiger partial charge in [-0.05, 0) is 73.8 Å². The van der Waals surface area contributed by atoms with Crippen molar-refractivity contribution in [3.05, 3.63) is 65.9 Å². The van der Waals surface area contributed by atoms with Crippen molar-refractivity contribution < 1.29 is 23.8 Å². The van der Waals surface area contributed by atoms with Gasteiger partial charge in [0.2, 0.25) is 11.6 Å². The molecule has 1 aliphatic heterocycles. The zero-order valence-corrected chi connectivity index (χ0v) is 19.9. The molecule has 0 spiro atoms. The molecule has 5 rings (SSSR count). The molecule has 0 atom stereocenters. The summed E-state index contributed by atoms with van der Waals surface area (Å²) in [7, 11) is 1.58. The second kappa shape index (κ2) is 10.2. The second-order valence-corrected chi connectivity index (χ2v) is 8.89. The highest BCUT2D eigenvalue weighted by atomic mass is 16.5. The third-order valence-electron chi connectivity index (χ3n) is 6.56. The molecule has 1 saturated heterocycles. The Labute approximate surface area is 207 Å². The minimum absolute atomic E-state index is 0.0415. The number of aromatic nitrogens is 3. The van der Waals surface area contributed by atoms with Crippen molar-refractivity contribution in [3.63, 3.8) is 0 Å². The van der Waals surface area contributed by atoms with Gasteiger partial charge in [-0.1, -0.05) is 6.07 Å². The predicted molar refractivity (Wildman–Crippen MR) is 132 cm³/mol. The number of H-pyrrole nitrogens is 1. The number of hydrogen-bond donors (Lipinski definition) is 3. The lowest BCUT2D eigenvalue weighted by molar-refractivity contribution is 0.0656. The number of piperidine rings is 1. The van der Waals surface area contributed by atoms with Crippen LogP contribution in [0.25, 0.3) is 22.0 Å². The normalized spacial score (nSPS) is 14.7. The fourth-order valence-electron chi connectivity index (χ4n) is 4.60. The van der Waals surface area contributed by atoms with E-state index >= 15 is 0 Å².